The molecule has 1 atom stereocenters. The molecule has 2 aromatic carbocycles. The van der Waals surface area contributed by atoms with Gasteiger partial charge in [-0.2, -0.15) is 0 Å². The molecule has 0 fully saturated rings. The van der Waals surface area contributed by atoms with E-state index in [1.54, 1.807) is 24.3 Å². The maximum Gasteiger partial charge on any atom is 0.420 e. The minimum absolute atomic E-state index is 0.136. The first kappa shape index (κ1) is 16.6. The van der Waals surface area contributed by atoms with Crippen LogP contribution in [0.3, 0.4) is 0 Å². The summed E-state index contributed by atoms with van der Waals surface area (Å²) in [4.78, 5) is 24.3. The molecule has 1 unspecified atom stereocenters. The standard InChI is InChI=1S/C20H20N2O4/c23-18(12-22-16-7-3-4-8-17(16)26-19(22)24)21-13-20(25)10-9-14-5-1-2-6-15(14)11-20/h1-8,25H,9-13H2,(H,21,23). The number of aryl methyl sites for hydroxylation is 1. The molecule has 0 spiro atoms. The van der Waals surface area contributed by atoms with Crippen molar-refractivity contribution in [1.82, 2.24) is 9.88 Å². The lowest BCUT2D eigenvalue weighted by Crippen LogP contribution is -2.47. The molecule has 6 heteroatoms. The number of rotatable bonds is 4. The van der Waals surface area contributed by atoms with Gasteiger partial charge >= 0.3 is 5.76 Å². The molecule has 0 aliphatic heterocycles. The number of hydrogen-bond donors (Lipinski definition) is 2. The molecule has 0 bridgehead atoms. The Hall–Kier alpha value is -2.86. The monoisotopic (exact) mass is 352 g/mol. The van der Waals surface area contributed by atoms with E-state index < -0.39 is 11.4 Å². The molecular weight excluding hydrogens is 332 g/mol. The topological polar surface area (TPSA) is 84.5 Å². The second-order valence-electron chi connectivity index (χ2n) is 6.87. The van der Waals surface area contributed by atoms with Crippen molar-refractivity contribution < 1.29 is 14.3 Å². The number of nitrogens with one attached hydrogen (secondary N) is 1. The number of oxazole rings is 1. The van der Waals surface area contributed by atoms with Crippen molar-refractivity contribution >= 4 is 17.0 Å². The zero-order chi connectivity index (χ0) is 18.1. The third-order valence-corrected chi connectivity index (χ3v) is 4.99. The highest BCUT2D eigenvalue weighted by Gasteiger charge is 2.32. The van der Waals surface area contributed by atoms with Crippen LogP contribution in [0.2, 0.25) is 0 Å². The first-order valence-electron chi connectivity index (χ1n) is 8.68. The van der Waals surface area contributed by atoms with E-state index in [0.29, 0.717) is 23.9 Å². The predicted molar refractivity (Wildman–Crippen MR) is 96.9 cm³/mol. The Morgan fingerprint density at radius 1 is 1.15 bits per heavy atom. The summed E-state index contributed by atoms with van der Waals surface area (Å²) in [6.07, 6.45) is 1.89. The van der Waals surface area contributed by atoms with Gasteiger partial charge in [-0.25, -0.2) is 4.79 Å². The quantitative estimate of drug-likeness (QED) is 0.747. The van der Waals surface area contributed by atoms with Crippen LogP contribution in [0.4, 0.5) is 0 Å². The number of hydrogen-bond acceptors (Lipinski definition) is 4. The largest absolute Gasteiger partial charge is 0.420 e. The van der Waals surface area contributed by atoms with Crippen LogP contribution in [0.5, 0.6) is 0 Å². The molecule has 0 radical (unpaired) electrons. The zero-order valence-electron chi connectivity index (χ0n) is 14.3. The van der Waals surface area contributed by atoms with Crippen molar-refractivity contribution in [2.45, 2.75) is 31.4 Å². The van der Waals surface area contributed by atoms with Gasteiger partial charge in [0, 0.05) is 13.0 Å². The van der Waals surface area contributed by atoms with Gasteiger partial charge in [-0.3, -0.25) is 9.36 Å². The van der Waals surface area contributed by atoms with Crippen LogP contribution in [-0.4, -0.2) is 27.7 Å². The van der Waals surface area contributed by atoms with Crippen molar-refractivity contribution in [3.63, 3.8) is 0 Å². The van der Waals surface area contributed by atoms with Crippen LogP contribution in [0.1, 0.15) is 17.5 Å². The van der Waals surface area contributed by atoms with Crippen LogP contribution in [0.25, 0.3) is 11.1 Å². The molecule has 1 aromatic heterocycles. The summed E-state index contributed by atoms with van der Waals surface area (Å²) in [6.45, 7) is 0.0210. The summed E-state index contributed by atoms with van der Waals surface area (Å²) in [5.74, 6) is -0.891. The Morgan fingerprint density at radius 2 is 1.88 bits per heavy atom. The second-order valence-corrected chi connectivity index (χ2v) is 6.87. The summed E-state index contributed by atoms with van der Waals surface area (Å²) in [6, 6.07) is 15.0. The van der Waals surface area contributed by atoms with E-state index >= 15 is 0 Å². The Morgan fingerprint density at radius 3 is 2.73 bits per heavy atom. The molecule has 1 heterocycles. The summed E-state index contributed by atoms with van der Waals surface area (Å²) >= 11 is 0. The van der Waals surface area contributed by atoms with Crippen LogP contribution < -0.4 is 11.1 Å². The summed E-state index contributed by atoms with van der Waals surface area (Å²) in [5.41, 5.74) is 2.44. The third kappa shape index (κ3) is 3.15. The lowest BCUT2D eigenvalue weighted by atomic mass is 9.80. The molecule has 1 amide bonds. The normalized spacial score (nSPS) is 19.3. The van der Waals surface area contributed by atoms with E-state index in [2.05, 4.69) is 11.4 Å². The Bertz CT molecular complexity index is 1020. The number of benzene rings is 2. The predicted octanol–water partition coefficient (Wildman–Crippen LogP) is 1.63. The molecule has 0 saturated carbocycles. The van der Waals surface area contributed by atoms with Gasteiger partial charge in [-0.1, -0.05) is 36.4 Å². The lowest BCUT2D eigenvalue weighted by molar-refractivity contribution is -0.123. The van der Waals surface area contributed by atoms with Gasteiger partial charge in [0.1, 0.15) is 6.54 Å². The van der Waals surface area contributed by atoms with E-state index in [1.165, 1.54) is 10.1 Å². The fourth-order valence-electron chi connectivity index (χ4n) is 3.56. The van der Waals surface area contributed by atoms with Gasteiger partial charge in [-0.05, 0) is 36.1 Å². The molecule has 3 aromatic rings. The molecule has 26 heavy (non-hydrogen) atoms. The van der Waals surface area contributed by atoms with E-state index in [4.69, 9.17) is 4.42 Å². The number of fused-ring (bicyclic) bond motifs is 2. The summed E-state index contributed by atoms with van der Waals surface area (Å²) in [7, 11) is 0. The maximum atomic E-state index is 12.3. The number of aromatic nitrogens is 1. The fraction of sp³-hybridized carbons (Fsp3) is 0.300. The number of aliphatic hydroxyl groups is 1. The molecule has 1 aliphatic rings. The minimum Gasteiger partial charge on any atom is -0.408 e. The van der Waals surface area contributed by atoms with Crippen LogP contribution in [-0.2, 0) is 24.2 Å². The molecular formula is C20H20N2O4. The van der Waals surface area contributed by atoms with Crippen molar-refractivity contribution in [3.05, 3.63) is 70.2 Å². The SMILES string of the molecule is O=C(Cn1c(=O)oc2ccccc21)NCC1(O)CCc2ccccc2C1. The van der Waals surface area contributed by atoms with Crippen molar-refractivity contribution in [3.8, 4) is 0 Å². The van der Waals surface area contributed by atoms with E-state index in [0.717, 1.165) is 12.0 Å². The fourth-order valence-corrected chi connectivity index (χ4v) is 3.56. The van der Waals surface area contributed by atoms with E-state index in [1.807, 2.05) is 18.2 Å². The summed E-state index contributed by atoms with van der Waals surface area (Å²) < 4.78 is 6.43. The van der Waals surface area contributed by atoms with Crippen molar-refractivity contribution in [2.75, 3.05) is 6.54 Å². The van der Waals surface area contributed by atoms with Gasteiger partial charge < -0.3 is 14.8 Å². The highest BCUT2D eigenvalue weighted by Crippen LogP contribution is 2.28. The first-order chi connectivity index (χ1) is 12.5. The third-order valence-electron chi connectivity index (χ3n) is 4.99. The van der Waals surface area contributed by atoms with Gasteiger partial charge in [0.25, 0.3) is 0 Å². The molecule has 1 aliphatic carbocycles. The van der Waals surface area contributed by atoms with E-state index in [-0.39, 0.29) is 19.0 Å². The van der Waals surface area contributed by atoms with Crippen LogP contribution in [0.15, 0.2) is 57.7 Å². The Labute approximate surface area is 150 Å². The molecule has 0 saturated heterocycles. The van der Waals surface area contributed by atoms with Crippen molar-refractivity contribution in [2.24, 2.45) is 0 Å². The highest BCUT2D eigenvalue weighted by atomic mass is 16.4. The number of nitrogens with zero attached hydrogens (tertiary/aromatic N) is 1. The number of para-hydroxylation sites is 2. The lowest BCUT2D eigenvalue weighted by Gasteiger charge is -2.33. The zero-order valence-corrected chi connectivity index (χ0v) is 14.3. The maximum absolute atomic E-state index is 12.3. The average molecular weight is 352 g/mol. The first-order valence-corrected chi connectivity index (χ1v) is 8.68. The van der Waals surface area contributed by atoms with E-state index in [9.17, 15) is 14.7 Å². The second kappa shape index (κ2) is 6.46. The Kier molecular flexibility index (Phi) is 4.12. The Balaban J connectivity index is 1.43. The van der Waals surface area contributed by atoms with Gasteiger partial charge in [-0.15, -0.1) is 0 Å². The van der Waals surface area contributed by atoms with Gasteiger partial charge in [0.05, 0.1) is 11.1 Å². The molecule has 6 nitrogen and oxygen atoms in total. The molecule has 4 rings (SSSR count). The smallest absolute Gasteiger partial charge is 0.408 e. The minimum atomic E-state index is -0.965. The van der Waals surface area contributed by atoms with Crippen LogP contribution >= 0.6 is 0 Å². The average Bonchev–Trinajstić information content (AvgIpc) is 2.95. The van der Waals surface area contributed by atoms with Gasteiger partial charge in [0.2, 0.25) is 5.91 Å². The number of amides is 1. The van der Waals surface area contributed by atoms with Crippen molar-refractivity contribution in [1.29, 1.82) is 0 Å². The molecule has 2 N–H and O–H groups in total. The van der Waals surface area contributed by atoms with Crippen LogP contribution in [0, 0.1) is 0 Å². The highest BCUT2D eigenvalue weighted by molar-refractivity contribution is 5.79. The van der Waals surface area contributed by atoms with Gasteiger partial charge in [0.15, 0.2) is 5.58 Å². The summed E-state index contributed by atoms with van der Waals surface area (Å²) in [5, 5.41) is 13.6. The number of carbonyl (C=O) groups is 1. The molecule has 134 valence electrons. The number of carbonyl (C=O) groups excluding carboxylic acids is 1.